The predicted molar refractivity (Wildman–Crippen MR) is 65.3 cm³/mol. The zero-order valence-electron chi connectivity index (χ0n) is 9.83. The minimum atomic E-state index is 0.579. The third-order valence-corrected chi connectivity index (χ3v) is 2.83. The summed E-state index contributed by atoms with van der Waals surface area (Å²) in [6.45, 7) is 8.71. The van der Waals surface area contributed by atoms with Gasteiger partial charge in [0.2, 0.25) is 0 Å². The third kappa shape index (κ3) is 1.87. The lowest BCUT2D eigenvalue weighted by molar-refractivity contribution is 0.858. The number of fused-ring (bicyclic) bond motifs is 1. The number of rotatable bonds is 1. The van der Waals surface area contributed by atoms with Crippen molar-refractivity contribution in [3.63, 3.8) is 0 Å². The van der Waals surface area contributed by atoms with Crippen molar-refractivity contribution in [1.29, 1.82) is 0 Å². The Hall–Kier alpha value is -1.37. The van der Waals surface area contributed by atoms with Crippen molar-refractivity contribution in [2.75, 3.05) is 0 Å². The van der Waals surface area contributed by atoms with E-state index >= 15 is 0 Å². The second kappa shape index (κ2) is 3.65. The summed E-state index contributed by atoms with van der Waals surface area (Å²) in [5.74, 6) is 0.579. The summed E-state index contributed by atoms with van der Waals surface area (Å²) in [5, 5.41) is 1.25. The second-order valence-corrected chi connectivity index (χ2v) is 4.57. The molecule has 0 spiro atoms. The molecule has 2 rings (SSSR count). The largest absolute Gasteiger partial charge is 0.256 e. The van der Waals surface area contributed by atoms with Crippen LogP contribution in [0.15, 0.2) is 24.4 Å². The van der Waals surface area contributed by atoms with E-state index in [0.29, 0.717) is 5.92 Å². The average Bonchev–Trinajstić information content (AvgIpc) is 2.17. The Morgan fingerprint density at radius 3 is 2.47 bits per heavy atom. The predicted octanol–water partition coefficient (Wildman–Crippen LogP) is 3.98. The van der Waals surface area contributed by atoms with Crippen molar-refractivity contribution in [2.45, 2.75) is 33.6 Å². The molecule has 78 valence electrons. The molecular formula is C14H17N. The Morgan fingerprint density at radius 1 is 1.07 bits per heavy atom. The van der Waals surface area contributed by atoms with Crippen molar-refractivity contribution in [3.8, 4) is 0 Å². The first kappa shape index (κ1) is 10.2. The molecule has 0 amide bonds. The minimum absolute atomic E-state index is 0.579. The highest BCUT2D eigenvalue weighted by Crippen LogP contribution is 2.24. The summed E-state index contributed by atoms with van der Waals surface area (Å²) < 4.78 is 0. The van der Waals surface area contributed by atoms with Gasteiger partial charge in [0.25, 0.3) is 0 Å². The van der Waals surface area contributed by atoms with Crippen molar-refractivity contribution in [1.82, 2.24) is 4.98 Å². The molecule has 0 N–H and O–H groups in total. The van der Waals surface area contributed by atoms with Gasteiger partial charge in [0, 0.05) is 11.6 Å². The van der Waals surface area contributed by atoms with Gasteiger partial charge in [-0.15, -0.1) is 0 Å². The fourth-order valence-electron chi connectivity index (χ4n) is 2.03. The van der Waals surface area contributed by atoms with Gasteiger partial charge in [-0.1, -0.05) is 13.8 Å². The molecule has 0 aliphatic heterocycles. The lowest BCUT2D eigenvalue weighted by Gasteiger charge is -2.11. The van der Waals surface area contributed by atoms with Crippen LogP contribution in [-0.4, -0.2) is 4.98 Å². The molecule has 1 heteroatoms. The van der Waals surface area contributed by atoms with Gasteiger partial charge in [-0.3, -0.25) is 4.98 Å². The topological polar surface area (TPSA) is 12.9 Å². The molecule has 1 aromatic carbocycles. The lowest BCUT2D eigenvalue weighted by atomic mass is 9.96. The van der Waals surface area contributed by atoms with E-state index in [1.165, 1.54) is 22.1 Å². The van der Waals surface area contributed by atoms with Crippen LogP contribution in [0.5, 0.6) is 0 Å². The summed E-state index contributed by atoms with van der Waals surface area (Å²) in [6.07, 6.45) is 1.93. The van der Waals surface area contributed by atoms with E-state index in [2.05, 4.69) is 50.9 Å². The summed E-state index contributed by atoms with van der Waals surface area (Å²) in [4.78, 5) is 4.44. The first-order chi connectivity index (χ1) is 7.08. The van der Waals surface area contributed by atoms with E-state index in [4.69, 9.17) is 0 Å². The van der Waals surface area contributed by atoms with Gasteiger partial charge < -0.3 is 0 Å². The zero-order chi connectivity index (χ0) is 11.0. The molecule has 0 bridgehead atoms. The molecular weight excluding hydrogens is 182 g/mol. The van der Waals surface area contributed by atoms with Gasteiger partial charge in [0.15, 0.2) is 0 Å². The molecule has 1 heterocycles. The third-order valence-electron chi connectivity index (χ3n) is 2.83. The smallest absolute Gasteiger partial charge is 0.0704 e. The van der Waals surface area contributed by atoms with Crippen molar-refractivity contribution in [3.05, 3.63) is 41.1 Å². The molecule has 0 atom stereocenters. The second-order valence-electron chi connectivity index (χ2n) is 4.57. The molecule has 0 radical (unpaired) electrons. The average molecular weight is 199 g/mol. The fraction of sp³-hybridized carbons (Fsp3) is 0.357. The number of aryl methyl sites for hydroxylation is 2. The number of aromatic nitrogens is 1. The number of nitrogens with zero attached hydrogens (tertiary/aromatic N) is 1. The Bertz CT molecular complexity index is 498. The van der Waals surface area contributed by atoms with Gasteiger partial charge in [0.05, 0.1) is 5.52 Å². The van der Waals surface area contributed by atoms with Crippen molar-refractivity contribution < 1.29 is 0 Å². The maximum Gasteiger partial charge on any atom is 0.0704 e. The van der Waals surface area contributed by atoms with Crippen molar-refractivity contribution in [2.24, 2.45) is 0 Å². The molecule has 0 aliphatic carbocycles. The van der Waals surface area contributed by atoms with Crippen LogP contribution in [0.4, 0.5) is 0 Å². The van der Waals surface area contributed by atoms with Gasteiger partial charge in [-0.2, -0.15) is 0 Å². The monoisotopic (exact) mass is 199 g/mol. The summed E-state index contributed by atoms with van der Waals surface area (Å²) in [7, 11) is 0. The molecule has 2 aromatic rings. The van der Waals surface area contributed by atoms with Gasteiger partial charge in [0.1, 0.15) is 0 Å². The summed E-state index contributed by atoms with van der Waals surface area (Å²) in [5.41, 5.74) is 5.09. The molecule has 15 heavy (non-hydrogen) atoms. The highest BCUT2D eigenvalue weighted by atomic mass is 14.6. The Labute approximate surface area is 91.2 Å². The van der Waals surface area contributed by atoms with Crippen molar-refractivity contribution >= 4 is 10.9 Å². The van der Waals surface area contributed by atoms with Crippen LogP contribution in [0.2, 0.25) is 0 Å². The van der Waals surface area contributed by atoms with Crippen LogP contribution in [0.1, 0.15) is 36.5 Å². The van der Waals surface area contributed by atoms with E-state index in [1.54, 1.807) is 0 Å². The Morgan fingerprint density at radius 2 is 1.80 bits per heavy atom. The zero-order valence-corrected chi connectivity index (χ0v) is 9.83. The quantitative estimate of drug-likeness (QED) is 0.677. The number of hydrogen-bond donors (Lipinski definition) is 0. The number of benzene rings is 1. The van der Waals surface area contributed by atoms with Crippen LogP contribution in [0.3, 0.4) is 0 Å². The van der Waals surface area contributed by atoms with Crippen LogP contribution in [0, 0.1) is 13.8 Å². The van der Waals surface area contributed by atoms with Crippen LogP contribution >= 0.6 is 0 Å². The maximum atomic E-state index is 4.44. The molecule has 0 saturated carbocycles. The molecule has 0 fully saturated rings. The minimum Gasteiger partial charge on any atom is -0.256 e. The fourth-order valence-corrected chi connectivity index (χ4v) is 2.03. The number of pyridine rings is 1. The highest BCUT2D eigenvalue weighted by molar-refractivity contribution is 5.80. The van der Waals surface area contributed by atoms with Gasteiger partial charge in [-0.05, 0) is 54.7 Å². The molecule has 0 unspecified atom stereocenters. The van der Waals surface area contributed by atoms with E-state index in [1.807, 2.05) is 6.20 Å². The van der Waals surface area contributed by atoms with Crippen LogP contribution in [0.25, 0.3) is 10.9 Å². The maximum absolute atomic E-state index is 4.44. The first-order valence-electron chi connectivity index (χ1n) is 5.45. The van der Waals surface area contributed by atoms with Gasteiger partial charge >= 0.3 is 0 Å². The highest BCUT2D eigenvalue weighted by Gasteiger charge is 2.05. The summed E-state index contributed by atoms with van der Waals surface area (Å²) >= 11 is 0. The molecule has 0 saturated heterocycles. The van der Waals surface area contributed by atoms with E-state index in [0.717, 1.165) is 5.52 Å². The Balaban J connectivity index is 2.72. The van der Waals surface area contributed by atoms with Crippen LogP contribution < -0.4 is 0 Å². The summed E-state index contributed by atoms with van der Waals surface area (Å²) in [6, 6.07) is 6.66. The van der Waals surface area contributed by atoms with Crippen LogP contribution in [-0.2, 0) is 0 Å². The molecule has 0 aliphatic rings. The first-order valence-corrected chi connectivity index (χ1v) is 5.45. The molecule has 1 nitrogen and oxygen atoms in total. The normalized spacial score (nSPS) is 11.3. The van der Waals surface area contributed by atoms with E-state index < -0.39 is 0 Å². The SMILES string of the molecule is Cc1cnc2cc(C)c(C(C)C)cc2c1. The van der Waals surface area contributed by atoms with Gasteiger partial charge in [-0.25, -0.2) is 0 Å². The standard InChI is InChI=1S/C14H17N/c1-9(2)13-7-12-5-10(3)8-15-14(12)6-11(13)4/h5-9H,1-4H3. The number of hydrogen-bond acceptors (Lipinski definition) is 1. The lowest BCUT2D eigenvalue weighted by Crippen LogP contribution is -1.93. The molecule has 1 aromatic heterocycles. The van der Waals surface area contributed by atoms with E-state index in [9.17, 15) is 0 Å². The Kier molecular flexibility index (Phi) is 2.47. The van der Waals surface area contributed by atoms with E-state index in [-0.39, 0.29) is 0 Å².